The van der Waals surface area contributed by atoms with Crippen LogP contribution in [0, 0.1) is 13.8 Å². The van der Waals surface area contributed by atoms with E-state index in [1.54, 1.807) is 7.05 Å². The van der Waals surface area contributed by atoms with Gasteiger partial charge in [0.05, 0.1) is 17.7 Å². The predicted octanol–water partition coefficient (Wildman–Crippen LogP) is 3.16. The second kappa shape index (κ2) is 9.39. The van der Waals surface area contributed by atoms with E-state index in [0.29, 0.717) is 12.3 Å². The molecule has 0 unspecified atom stereocenters. The average Bonchev–Trinajstić information content (AvgIpc) is 3.05. The Labute approximate surface area is 176 Å². The largest absolute Gasteiger partial charge is 0.489 e. The fourth-order valence-corrected chi connectivity index (χ4v) is 3.14. The molecule has 0 atom stereocenters. The maximum Gasteiger partial charge on any atom is 0.368 e. The Morgan fingerprint density at radius 3 is 2.63 bits per heavy atom. The van der Waals surface area contributed by atoms with Crippen LogP contribution in [0.1, 0.15) is 30.0 Å². The summed E-state index contributed by atoms with van der Waals surface area (Å²) in [6.45, 7) is 7.41. The molecule has 3 rings (SSSR count). The first kappa shape index (κ1) is 21.3. The number of tetrazole rings is 1. The second-order valence-electron chi connectivity index (χ2n) is 7.33. The van der Waals surface area contributed by atoms with Gasteiger partial charge in [-0.2, -0.15) is 9.36 Å². The van der Waals surface area contributed by atoms with Gasteiger partial charge in [0.1, 0.15) is 12.4 Å². The first-order valence-corrected chi connectivity index (χ1v) is 9.96. The van der Waals surface area contributed by atoms with Crippen molar-refractivity contribution in [2.45, 2.75) is 33.8 Å². The van der Waals surface area contributed by atoms with Crippen LogP contribution < -0.4 is 10.4 Å². The minimum atomic E-state index is -0.298. The van der Waals surface area contributed by atoms with Crippen molar-refractivity contribution in [3.05, 3.63) is 63.6 Å². The number of hydrogen-bond donors (Lipinski definition) is 0. The smallest absolute Gasteiger partial charge is 0.368 e. The summed E-state index contributed by atoms with van der Waals surface area (Å²) in [7, 11) is 3.59. The summed E-state index contributed by atoms with van der Waals surface area (Å²) in [4.78, 5) is 18.9. The van der Waals surface area contributed by atoms with Crippen LogP contribution in [0.15, 0.2) is 46.2 Å². The van der Waals surface area contributed by atoms with Gasteiger partial charge in [0, 0.05) is 26.2 Å². The van der Waals surface area contributed by atoms with E-state index in [4.69, 9.17) is 4.74 Å². The highest BCUT2D eigenvalue weighted by atomic mass is 16.5. The van der Waals surface area contributed by atoms with Gasteiger partial charge in [-0.05, 0) is 66.1 Å². The van der Waals surface area contributed by atoms with E-state index in [0.717, 1.165) is 41.1 Å². The fourth-order valence-electron chi connectivity index (χ4n) is 3.14. The fraction of sp³-hybridized carbons (Fsp3) is 0.364. The van der Waals surface area contributed by atoms with E-state index in [1.807, 2.05) is 63.6 Å². The highest BCUT2D eigenvalue weighted by molar-refractivity contribution is 5.62. The SMILES string of the molecule is CCCN(C)C=Nc1ccc(OCc2c(C)cccc2-n2nnn(C)c2=O)c(C)c1. The third-order valence-corrected chi connectivity index (χ3v) is 4.85. The number of ether oxygens (including phenoxy) is 1. The van der Waals surface area contributed by atoms with E-state index < -0.39 is 0 Å². The van der Waals surface area contributed by atoms with E-state index in [-0.39, 0.29) is 5.69 Å². The Balaban J connectivity index is 1.79. The summed E-state index contributed by atoms with van der Waals surface area (Å²) >= 11 is 0. The average molecular weight is 409 g/mol. The summed E-state index contributed by atoms with van der Waals surface area (Å²) in [6, 6.07) is 11.6. The lowest BCUT2D eigenvalue weighted by molar-refractivity contribution is 0.302. The molecule has 0 N–H and O–H groups in total. The van der Waals surface area contributed by atoms with Crippen LogP contribution in [-0.4, -0.2) is 44.6 Å². The van der Waals surface area contributed by atoms with E-state index in [1.165, 1.54) is 9.36 Å². The molecule has 0 amide bonds. The van der Waals surface area contributed by atoms with Gasteiger partial charge in [-0.3, -0.25) is 0 Å². The third-order valence-electron chi connectivity index (χ3n) is 4.85. The zero-order chi connectivity index (χ0) is 21.7. The van der Waals surface area contributed by atoms with Crippen molar-refractivity contribution < 1.29 is 4.74 Å². The van der Waals surface area contributed by atoms with Gasteiger partial charge in [0.15, 0.2) is 0 Å². The van der Waals surface area contributed by atoms with Crippen LogP contribution in [0.5, 0.6) is 5.75 Å². The van der Waals surface area contributed by atoms with E-state index in [9.17, 15) is 4.79 Å². The lowest BCUT2D eigenvalue weighted by Crippen LogP contribution is -2.23. The van der Waals surface area contributed by atoms with Crippen molar-refractivity contribution >= 4 is 12.0 Å². The van der Waals surface area contributed by atoms with Crippen molar-refractivity contribution in [2.24, 2.45) is 12.0 Å². The molecule has 0 aliphatic carbocycles. The molecule has 30 heavy (non-hydrogen) atoms. The zero-order valence-electron chi connectivity index (χ0n) is 18.2. The Morgan fingerprint density at radius 1 is 1.17 bits per heavy atom. The van der Waals surface area contributed by atoms with Crippen LogP contribution in [0.4, 0.5) is 5.69 Å². The van der Waals surface area contributed by atoms with Gasteiger partial charge in [0.2, 0.25) is 0 Å². The highest BCUT2D eigenvalue weighted by Gasteiger charge is 2.14. The van der Waals surface area contributed by atoms with Gasteiger partial charge < -0.3 is 9.64 Å². The van der Waals surface area contributed by atoms with Crippen molar-refractivity contribution in [3.8, 4) is 11.4 Å². The molecule has 0 aliphatic heterocycles. The highest BCUT2D eigenvalue weighted by Crippen LogP contribution is 2.26. The minimum Gasteiger partial charge on any atom is -0.489 e. The molecular formula is C22H28N6O2. The topological polar surface area (TPSA) is 77.5 Å². The van der Waals surface area contributed by atoms with E-state index in [2.05, 4.69) is 27.2 Å². The Hall–Kier alpha value is -3.42. The van der Waals surface area contributed by atoms with Crippen LogP contribution in [0.3, 0.4) is 0 Å². The van der Waals surface area contributed by atoms with Crippen molar-refractivity contribution in [1.29, 1.82) is 0 Å². The molecule has 1 aromatic heterocycles. The molecule has 0 fully saturated rings. The zero-order valence-corrected chi connectivity index (χ0v) is 18.2. The molecule has 2 aromatic carbocycles. The van der Waals surface area contributed by atoms with Gasteiger partial charge >= 0.3 is 5.69 Å². The Kier molecular flexibility index (Phi) is 6.66. The van der Waals surface area contributed by atoms with Crippen molar-refractivity contribution in [2.75, 3.05) is 13.6 Å². The molecule has 1 heterocycles. The summed E-state index contributed by atoms with van der Waals surface area (Å²) in [5.41, 5.74) is 4.16. The molecule has 0 saturated carbocycles. The molecular weight excluding hydrogens is 380 g/mol. The van der Waals surface area contributed by atoms with Gasteiger partial charge in [-0.25, -0.2) is 9.79 Å². The number of nitrogens with zero attached hydrogens (tertiary/aromatic N) is 6. The number of aliphatic imine (C=N–C) groups is 1. The molecule has 3 aromatic rings. The van der Waals surface area contributed by atoms with Gasteiger partial charge in [-0.15, -0.1) is 0 Å². The predicted molar refractivity (Wildman–Crippen MR) is 118 cm³/mol. The monoisotopic (exact) mass is 408 g/mol. The molecule has 158 valence electrons. The van der Waals surface area contributed by atoms with Crippen LogP contribution in [0.25, 0.3) is 5.69 Å². The number of aryl methyl sites for hydroxylation is 3. The normalized spacial score (nSPS) is 11.2. The molecule has 0 saturated heterocycles. The van der Waals surface area contributed by atoms with Crippen LogP contribution in [-0.2, 0) is 13.7 Å². The van der Waals surface area contributed by atoms with Crippen LogP contribution >= 0.6 is 0 Å². The second-order valence-corrected chi connectivity index (χ2v) is 7.33. The lowest BCUT2D eigenvalue weighted by Gasteiger charge is -2.14. The Morgan fingerprint density at radius 2 is 1.97 bits per heavy atom. The Bertz CT molecular complexity index is 1100. The third kappa shape index (κ3) is 4.76. The molecule has 0 spiro atoms. The van der Waals surface area contributed by atoms with Crippen LogP contribution in [0.2, 0.25) is 0 Å². The maximum atomic E-state index is 12.3. The minimum absolute atomic E-state index is 0.298. The lowest BCUT2D eigenvalue weighted by atomic mass is 10.1. The number of rotatable bonds is 8. The number of hydrogen-bond acceptors (Lipinski definition) is 5. The number of benzene rings is 2. The summed E-state index contributed by atoms with van der Waals surface area (Å²) in [6.07, 6.45) is 2.92. The summed E-state index contributed by atoms with van der Waals surface area (Å²) < 4.78 is 8.60. The van der Waals surface area contributed by atoms with E-state index >= 15 is 0 Å². The molecule has 0 radical (unpaired) electrons. The van der Waals surface area contributed by atoms with Gasteiger partial charge in [0.25, 0.3) is 0 Å². The summed E-state index contributed by atoms with van der Waals surface area (Å²) in [5.74, 6) is 0.775. The van der Waals surface area contributed by atoms with Gasteiger partial charge in [-0.1, -0.05) is 19.1 Å². The first-order valence-electron chi connectivity index (χ1n) is 9.96. The van der Waals surface area contributed by atoms with Crippen molar-refractivity contribution in [1.82, 2.24) is 24.7 Å². The molecule has 0 bridgehead atoms. The standard InChI is InChI=1S/C22H28N6O2/c1-6-12-26(4)15-23-18-10-11-21(17(3)13-18)30-14-19-16(2)8-7-9-20(19)28-22(29)27(5)24-25-28/h7-11,13,15H,6,12,14H2,1-5H3. The molecule has 0 aliphatic rings. The number of aromatic nitrogens is 4. The maximum absolute atomic E-state index is 12.3. The van der Waals surface area contributed by atoms with Crippen molar-refractivity contribution in [3.63, 3.8) is 0 Å². The summed E-state index contributed by atoms with van der Waals surface area (Å²) in [5, 5.41) is 7.77. The first-order chi connectivity index (χ1) is 14.4. The quantitative estimate of drug-likeness (QED) is 0.423. The molecule has 8 heteroatoms. The molecule has 8 nitrogen and oxygen atoms in total.